The number of ether oxygens (including phenoxy) is 1. The quantitative estimate of drug-likeness (QED) is 0.0645. The van der Waals surface area contributed by atoms with Crippen LogP contribution in [0.2, 0.25) is 0 Å². The maximum absolute atomic E-state index is 14.2. The van der Waals surface area contributed by atoms with Gasteiger partial charge in [-0.2, -0.15) is 0 Å². The van der Waals surface area contributed by atoms with E-state index >= 15 is 0 Å². The van der Waals surface area contributed by atoms with Crippen molar-refractivity contribution >= 4 is 30.0 Å². The Balaban J connectivity index is 0.985. The van der Waals surface area contributed by atoms with Gasteiger partial charge in [-0.1, -0.05) is 86.6 Å². The van der Waals surface area contributed by atoms with Crippen LogP contribution in [0.25, 0.3) is 33.6 Å². The normalized spacial score (nSPS) is 16.8. The molecular weight excluding hydrogens is 829 g/mol. The number of methoxy groups -OCH3 is 1. The van der Waals surface area contributed by atoms with Crippen molar-refractivity contribution in [3.05, 3.63) is 108 Å². The van der Waals surface area contributed by atoms with Crippen LogP contribution >= 0.6 is 0 Å². The highest BCUT2D eigenvalue weighted by atomic mass is 16.5. The average molecular weight is 887 g/mol. The molecule has 2 saturated heterocycles. The molecule has 4 heterocycles. The van der Waals surface area contributed by atoms with Crippen molar-refractivity contribution in [3.63, 3.8) is 0 Å². The number of nitrogens with zero attached hydrogens (tertiary/aromatic N) is 5. The van der Waals surface area contributed by atoms with Crippen LogP contribution in [0.3, 0.4) is 0 Å². The van der Waals surface area contributed by atoms with Gasteiger partial charge in [-0.15, -0.1) is 0 Å². The predicted octanol–water partition coefficient (Wildman–Crippen LogP) is 6.88. The summed E-state index contributed by atoms with van der Waals surface area (Å²) in [6, 6.07) is 21.3. The van der Waals surface area contributed by atoms with Crippen molar-refractivity contribution in [1.29, 1.82) is 0 Å². The van der Waals surface area contributed by atoms with Crippen molar-refractivity contribution in [3.8, 4) is 33.6 Å². The van der Waals surface area contributed by atoms with Gasteiger partial charge in [0.25, 0.3) is 0 Å². The molecule has 0 saturated carbocycles. The molecule has 2 fully saturated rings. The van der Waals surface area contributed by atoms with Gasteiger partial charge >= 0.3 is 18.2 Å². The Morgan fingerprint density at radius 2 is 1.25 bits per heavy atom. The first-order valence-electron chi connectivity index (χ1n) is 22.2. The number of aromatic nitrogens is 4. The molecule has 7 rings (SSSR count). The first-order chi connectivity index (χ1) is 31.3. The van der Waals surface area contributed by atoms with Crippen LogP contribution in [-0.4, -0.2) is 116 Å². The molecule has 0 radical (unpaired) electrons. The number of imidazole rings is 2. The molecule has 342 valence electrons. The van der Waals surface area contributed by atoms with E-state index in [1.165, 1.54) is 14.2 Å². The van der Waals surface area contributed by atoms with E-state index in [9.17, 15) is 29.1 Å². The third-order valence-corrected chi connectivity index (χ3v) is 12.3. The monoisotopic (exact) mass is 886 g/mol. The summed E-state index contributed by atoms with van der Waals surface area (Å²) in [6.45, 7) is 7.56. The summed E-state index contributed by atoms with van der Waals surface area (Å²) in [5.74, 6) is 0.805. The van der Waals surface area contributed by atoms with E-state index in [-0.39, 0.29) is 42.3 Å². The second-order valence-electron chi connectivity index (χ2n) is 16.9. The molecule has 2 aliphatic heterocycles. The molecular formula is C48H58N10O7. The summed E-state index contributed by atoms with van der Waals surface area (Å²) in [4.78, 5) is 84.6. The largest absolute Gasteiger partial charge is 0.465 e. The van der Waals surface area contributed by atoms with Gasteiger partial charge in [0.15, 0.2) is 0 Å². The average Bonchev–Trinajstić information content (AvgIpc) is 4.17. The minimum Gasteiger partial charge on any atom is -0.465 e. The summed E-state index contributed by atoms with van der Waals surface area (Å²) >= 11 is 0. The molecule has 17 heteroatoms. The van der Waals surface area contributed by atoms with Crippen molar-refractivity contribution in [2.75, 3.05) is 33.8 Å². The number of amides is 6. The van der Waals surface area contributed by atoms with Crippen LogP contribution in [0, 0.1) is 5.92 Å². The van der Waals surface area contributed by atoms with Crippen LogP contribution in [0.15, 0.2) is 85.2 Å². The molecule has 3 aromatic carbocycles. The fourth-order valence-electron chi connectivity index (χ4n) is 8.63. The van der Waals surface area contributed by atoms with Crippen LogP contribution in [0.5, 0.6) is 0 Å². The molecule has 6 N–H and O–H groups in total. The number of likely N-dealkylation sites (tertiary alicyclic amines) is 2. The van der Waals surface area contributed by atoms with Gasteiger partial charge < -0.3 is 45.6 Å². The van der Waals surface area contributed by atoms with E-state index < -0.39 is 24.3 Å². The highest BCUT2D eigenvalue weighted by Gasteiger charge is 2.39. The van der Waals surface area contributed by atoms with Gasteiger partial charge in [0.05, 0.1) is 43.0 Å². The molecule has 2 aromatic heterocycles. The number of alkyl carbamates (subject to hydrolysis) is 1. The van der Waals surface area contributed by atoms with Gasteiger partial charge in [-0.3, -0.25) is 14.5 Å². The number of carboxylic acid groups (broad SMARTS) is 1. The van der Waals surface area contributed by atoms with Gasteiger partial charge in [0.2, 0.25) is 11.8 Å². The number of benzene rings is 3. The molecule has 4 atom stereocenters. The molecule has 65 heavy (non-hydrogen) atoms. The topological polar surface area (TPSA) is 218 Å². The van der Waals surface area contributed by atoms with E-state index in [0.29, 0.717) is 44.2 Å². The minimum atomic E-state index is -1.19. The zero-order valence-corrected chi connectivity index (χ0v) is 37.5. The molecule has 0 spiro atoms. The predicted molar refractivity (Wildman–Crippen MR) is 244 cm³/mol. The number of carbonyl (C=O) groups excluding carboxylic acids is 4. The Morgan fingerprint density at radius 1 is 0.754 bits per heavy atom. The summed E-state index contributed by atoms with van der Waals surface area (Å²) in [6.07, 6.45) is 4.98. The van der Waals surface area contributed by atoms with Crippen molar-refractivity contribution < 1.29 is 33.8 Å². The zero-order chi connectivity index (χ0) is 46.2. The number of hydrogen-bond acceptors (Lipinski definition) is 8. The first kappa shape index (κ1) is 45.8. The van der Waals surface area contributed by atoms with E-state index in [2.05, 4.69) is 43.0 Å². The summed E-state index contributed by atoms with van der Waals surface area (Å²) < 4.78 is 4.76. The third kappa shape index (κ3) is 10.6. The van der Waals surface area contributed by atoms with Crippen LogP contribution < -0.4 is 16.0 Å². The molecule has 0 bridgehead atoms. The van der Waals surface area contributed by atoms with E-state index in [1.54, 1.807) is 22.2 Å². The van der Waals surface area contributed by atoms with Gasteiger partial charge in [0.1, 0.15) is 23.7 Å². The molecule has 0 aliphatic carbocycles. The van der Waals surface area contributed by atoms with E-state index in [4.69, 9.17) is 9.72 Å². The number of urea groups is 1. The van der Waals surface area contributed by atoms with Crippen molar-refractivity contribution in [1.82, 2.24) is 50.6 Å². The second kappa shape index (κ2) is 20.6. The lowest BCUT2D eigenvalue weighted by molar-refractivity contribution is -0.137. The summed E-state index contributed by atoms with van der Waals surface area (Å²) in [5.41, 5.74) is 7.26. The van der Waals surface area contributed by atoms with Crippen molar-refractivity contribution in [2.45, 2.75) is 83.6 Å². The molecule has 6 amide bonds. The second-order valence-corrected chi connectivity index (χ2v) is 16.9. The lowest BCUT2D eigenvalue weighted by Gasteiger charge is -2.32. The summed E-state index contributed by atoms with van der Waals surface area (Å²) in [5, 5.41) is 18.1. The van der Waals surface area contributed by atoms with Crippen LogP contribution in [0.4, 0.5) is 14.4 Å². The Labute approximate surface area is 378 Å². The van der Waals surface area contributed by atoms with Crippen molar-refractivity contribution in [2.24, 2.45) is 5.92 Å². The third-order valence-electron chi connectivity index (χ3n) is 12.3. The smallest absolute Gasteiger partial charge is 0.407 e. The molecule has 0 unspecified atom stereocenters. The summed E-state index contributed by atoms with van der Waals surface area (Å²) in [7, 11) is 2.71. The van der Waals surface area contributed by atoms with Gasteiger partial charge in [0, 0.05) is 39.6 Å². The van der Waals surface area contributed by atoms with Gasteiger partial charge in [-0.25, -0.2) is 24.4 Å². The maximum atomic E-state index is 14.2. The standard InChI is InChI=1S/C48H58N10O7/c1-6-49-46(61)52-26-31-13-11-30(12-14-31)25-40(56(4)48(63)64)44(59)57-23-7-9-38(57)42-50-27-36(53-42)34-19-15-32(16-20-34)33-17-21-35(22-18-33)37-28-51-43(54-37)39-10-8-24-58(39)45(60)41(29(2)3)55-47(62)65-5/h11-22,27-29,38-41H,6-10,23-26H2,1-5H3,(H,50,53)(H,51,54)(H,55,62)(H,63,64)(H2,49,52,61)/t38-,39-,40-,41-/m0/s1. The zero-order valence-electron chi connectivity index (χ0n) is 37.5. The number of likely N-dealkylation sites (N-methyl/N-ethyl adjacent to an activating group) is 1. The maximum Gasteiger partial charge on any atom is 0.407 e. The van der Waals surface area contributed by atoms with Gasteiger partial charge in [-0.05, 0) is 71.9 Å². The Hall–Kier alpha value is -7.17. The van der Waals surface area contributed by atoms with E-state index in [0.717, 1.165) is 68.9 Å². The van der Waals surface area contributed by atoms with Crippen LogP contribution in [-0.2, 0) is 27.3 Å². The Kier molecular flexibility index (Phi) is 14.5. The molecule has 5 aromatic rings. The highest BCUT2D eigenvalue weighted by Crippen LogP contribution is 2.35. The number of carbonyl (C=O) groups is 5. The fourth-order valence-corrected chi connectivity index (χ4v) is 8.63. The number of rotatable bonds is 15. The number of nitrogens with one attached hydrogen (secondary N) is 5. The number of hydrogen-bond donors (Lipinski definition) is 6. The Bertz CT molecular complexity index is 2450. The lowest BCUT2D eigenvalue weighted by Crippen LogP contribution is -2.51. The minimum absolute atomic E-state index is 0.119. The lowest BCUT2D eigenvalue weighted by atomic mass is 10.0. The van der Waals surface area contributed by atoms with E-state index in [1.807, 2.05) is 81.4 Å². The van der Waals surface area contributed by atoms with Crippen LogP contribution in [0.1, 0.15) is 81.3 Å². The fraction of sp³-hybridized carbons (Fsp3) is 0.396. The number of aromatic amines is 2. The molecule has 17 nitrogen and oxygen atoms in total. The molecule has 2 aliphatic rings. The highest BCUT2D eigenvalue weighted by molar-refractivity contribution is 5.87. The number of H-pyrrole nitrogens is 2. The SMILES string of the molecule is CCNC(=O)NCc1ccc(C[C@@H](C(=O)N2CCC[C@H]2c2ncc(-c3ccc(-c4ccc(-c5cnc([C@@H]6CCCN6C(=O)[C@@H](NC(=O)OC)C(C)C)[nH]5)cc4)cc3)[nH]2)N(C)C(=O)O)cc1. The first-order valence-corrected chi connectivity index (χ1v) is 22.2. The Morgan fingerprint density at radius 3 is 1.72 bits per heavy atom.